The van der Waals surface area contributed by atoms with Gasteiger partial charge in [-0.1, -0.05) is 18.2 Å². The SMILES string of the molecule is Cn1nc2c(C(=O)NCc3ccc4c(c3)NC(=O)CO4)ncnc2c1NCl.N#Cc1ccc(C=O)cc1. The normalized spacial score (nSPS) is 11.6. The van der Waals surface area contributed by atoms with Gasteiger partial charge in [0.1, 0.15) is 29.4 Å². The van der Waals surface area contributed by atoms with E-state index in [2.05, 4.69) is 30.5 Å². The second-order valence-corrected chi connectivity index (χ2v) is 7.88. The monoisotopic (exact) mass is 518 g/mol. The van der Waals surface area contributed by atoms with Crippen LogP contribution in [0.15, 0.2) is 48.8 Å². The van der Waals surface area contributed by atoms with Crippen molar-refractivity contribution in [2.24, 2.45) is 7.05 Å². The highest BCUT2D eigenvalue weighted by Crippen LogP contribution is 2.28. The lowest BCUT2D eigenvalue weighted by Crippen LogP contribution is -2.26. The summed E-state index contributed by atoms with van der Waals surface area (Å²) in [6.07, 6.45) is 2.03. The summed E-state index contributed by atoms with van der Waals surface area (Å²) < 4.78 is 6.80. The highest BCUT2D eigenvalue weighted by atomic mass is 35.5. The smallest absolute Gasteiger partial charge is 0.272 e. The molecule has 0 bridgehead atoms. The Hall–Kier alpha value is -5.02. The first-order valence-electron chi connectivity index (χ1n) is 10.8. The number of benzene rings is 2. The molecule has 37 heavy (non-hydrogen) atoms. The average Bonchev–Trinajstić information content (AvgIpc) is 3.26. The molecule has 0 aliphatic carbocycles. The minimum Gasteiger partial charge on any atom is -0.482 e. The number of anilines is 2. The highest BCUT2D eigenvalue weighted by Gasteiger charge is 2.20. The van der Waals surface area contributed by atoms with Gasteiger partial charge >= 0.3 is 0 Å². The molecule has 0 radical (unpaired) electrons. The van der Waals surface area contributed by atoms with Crippen LogP contribution in [0.3, 0.4) is 0 Å². The number of nitrogens with one attached hydrogen (secondary N) is 3. The van der Waals surface area contributed by atoms with E-state index in [0.29, 0.717) is 39.4 Å². The maximum Gasteiger partial charge on any atom is 0.272 e. The third-order valence-electron chi connectivity index (χ3n) is 5.23. The number of amides is 2. The average molecular weight is 519 g/mol. The first-order valence-corrected chi connectivity index (χ1v) is 11.1. The number of nitriles is 1. The zero-order chi connectivity index (χ0) is 26.4. The number of fused-ring (bicyclic) bond motifs is 2. The lowest BCUT2D eigenvalue weighted by Gasteiger charge is -2.18. The third kappa shape index (κ3) is 5.63. The first kappa shape index (κ1) is 25.1. The van der Waals surface area contributed by atoms with Crippen molar-refractivity contribution < 1.29 is 19.1 Å². The molecule has 2 aromatic heterocycles. The van der Waals surface area contributed by atoms with Gasteiger partial charge in [0.25, 0.3) is 11.8 Å². The van der Waals surface area contributed by atoms with Crippen molar-refractivity contribution >= 4 is 52.4 Å². The number of ether oxygens (including phenoxy) is 1. The number of aromatic nitrogens is 4. The molecule has 0 unspecified atom stereocenters. The molecule has 0 saturated carbocycles. The molecule has 5 rings (SSSR count). The Morgan fingerprint density at radius 1 is 1.24 bits per heavy atom. The van der Waals surface area contributed by atoms with E-state index >= 15 is 0 Å². The molecule has 0 fully saturated rings. The molecule has 2 amide bonds. The first-order chi connectivity index (χ1) is 17.9. The van der Waals surface area contributed by atoms with Gasteiger partial charge in [0.2, 0.25) is 0 Å². The topological polar surface area (TPSA) is 164 Å². The Kier molecular flexibility index (Phi) is 7.56. The second-order valence-electron chi connectivity index (χ2n) is 7.69. The van der Waals surface area contributed by atoms with Gasteiger partial charge < -0.3 is 15.4 Å². The van der Waals surface area contributed by atoms with Crippen LogP contribution in [0.1, 0.15) is 32.0 Å². The number of aldehydes is 1. The molecule has 4 aromatic rings. The van der Waals surface area contributed by atoms with Crippen LogP contribution >= 0.6 is 11.8 Å². The molecule has 1 aliphatic rings. The number of hydrogen-bond acceptors (Lipinski definition) is 9. The molecule has 0 saturated heterocycles. The third-order valence-corrected chi connectivity index (χ3v) is 5.41. The van der Waals surface area contributed by atoms with Gasteiger partial charge in [-0.05, 0) is 29.8 Å². The number of nitrogens with zero attached hydrogens (tertiary/aromatic N) is 5. The van der Waals surface area contributed by atoms with E-state index in [-0.39, 0.29) is 24.8 Å². The van der Waals surface area contributed by atoms with Crippen LogP contribution in [0.5, 0.6) is 5.75 Å². The molecule has 3 N–H and O–H groups in total. The zero-order valence-corrected chi connectivity index (χ0v) is 20.1. The van der Waals surface area contributed by atoms with Gasteiger partial charge in [-0.15, -0.1) is 0 Å². The fourth-order valence-electron chi connectivity index (χ4n) is 3.41. The van der Waals surface area contributed by atoms with Crippen LogP contribution in [0.25, 0.3) is 11.0 Å². The number of hydrogen-bond donors (Lipinski definition) is 3. The van der Waals surface area contributed by atoms with E-state index in [1.54, 1.807) is 43.4 Å². The van der Waals surface area contributed by atoms with Crippen molar-refractivity contribution in [3.05, 3.63) is 71.2 Å². The van der Waals surface area contributed by atoms with Crippen molar-refractivity contribution in [1.82, 2.24) is 25.1 Å². The summed E-state index contributed by atoms with van der Waals surface area (Å²) in [6, 6.07) is 13.7. The van der Waals surface area contributed by atoms with Crippen LogP contribution < -0.4 is 20.2 Å². The molecular formula is C24H19ClN8O4. The van der Waals surface area contributed by atoms with E-state index in [1.807, 2.05) is 12.1 Å². The lowest BCUT2D eigenvalue weighted by molar-refractivity contribution is -0.118. The summed E-state index contributed by atoms with van der Waals surface area (Å²) >= 11 is 5.68. The van der Waals surface area contributed by atoms with Crippen LogP contribution in [-0.4, -0.2) is 44.5 Å². The highest BCUT2D eigenvalue weighted by molar-refractivity contribution is 6.25. The molecule has 12 nitrogen and oxygen atoms in total. The summed E-state index contributed by atoms with van der Waals surface area (Å²) in [4.78, 5) is 44.8. The van der Waals surface area contributed by atoms with Crippen molar-refractivity contribution in [2.45, 2.75) is 6.54 Å². The van der Waals surface area contributed by atoms with Crippen LogP contribution in [-0.2, 0) is 18.4 Å². The Bertz CT molecular complexity index is 1530. The van der Waals surface area contributed by atoms with Gasteiger partial charge in [0, 0.05) is 30.9 Å². The molecule has 0 spiro atoms. The fourth-order valence-corrected chi connectivity index (χ4v) is 3.63. The van der Waals surface area contributed by atoms with Gasteiger partial charge in [-0.3, -0.25) is 19.2 Å². The summed E-state index contributed by atoms with van der Waals surface area (Å²) in [6.45, 7) is 0.233. The molecule has 2 aromatic carbocycles. The Labute approximate surface area is 215 Å². The van der Waals surface area contributed by atoms with E-state index in [0.717, 1.165) is 11.8 Å². The maximum absolute atomic E-state index is 12.6. The largest absolute Gasteiger partial charge is 0.482 e. The summed E-state index contributed by atoms with van der Waals surface area (Å²) in [5.41, 5.74) is 3.47. The van der Waals surface area contributed by atoms with E-state index in [1.165, 1.54) is 11.0 Å². The van der Waals surface area contributed by atoms with E-state index in [9.17, 15) is 14.4 Å². The minimum atomic E-state index is -0.403. The maximum atomic E-state index is 12.6. The van der Waals surface area contributed by atoms with Crippen molar-refractivity contribution in [1.29, 1.82) is 5.26 Å². The number of carbonyl (C=O) groups excluding carboxylic acids is 3. The predicted octanol–water partition coefficient (Wildman–Crippen LogP) is 2.56. The predicted molar refractivity (Wildman–Crippen MR) is 134 cm³/mol. The van der Waals surface area contributed by atoms with Gasteiger partial charge in [-0.2, -0.15) is 10.4 Å². The Balaban J connectivity index is 0.000000270. The molecule has 3 heterocycles. The van der Waals surface area contributed by atoms with E-state index < -0.39 is 5.91 Å². The van der Waals surface area contributed by atoms with Crippen LogP contribution in [0.2, 0.25) is 0 Å². The van der Waals surface area contributed by atoms with Crippen molar-refractivity contribution in [2.75, 3.05) is 16.8 Å². The quantitative estimate of drug-likeness (QED) is 0.266. The van der Waals surface area contributed by atoms with Crippen molar-refractivity contribution in [3.63, 3.8) is 0 Å². The van der Waals surface area contributed by atoms with Gasteiger partial charge in [0.15, 0.2) is 18.1 Å². The van der Waals surface area contributed by atoms with Crippen LogP contribution in [0.4, 0.5) is 11.5 Å². The summed E-state index contributed by atoms with van der Waals surface area (Å²) in [5, 5.41) is 18.1. The van der Waals surface area contributed by atoms with Crippen molar-refractivity contribution in [3.8, 4) is 11.8 Å². The number of halogens is 1. The van der Waals surface area contributed by atoms with E-state index in [4.69, 9.17) is 21.8 Å². The molecule has 0 atom stereocenters. The number of aryl methyl sites for hydroxylation is 1. The fraction of sp³-hybridized carbons (Fsp3) is 0.125. The molecule has 186 valence electrons. The number of carbonyl (C=O) groups is 3. The van der Waals surface area contributed by atoms with Crippen LogP contribution in [0, 0.1) is 11.3 Å². The Morgan fingerprint density at radius 3 is 2.73 bits per heavy atom. The second kappa shape index (κ2) is 11.1. The zero-order valence-electron chi connectivity index (χ0n) is 19.4. The lowest BCUT2D eigenvalue weighted by atomic mass is 10.1. The summed E-state index contributed by atoms with van der Waals surface area (Å²) in [7, 11) is 1.68. The van der Waals surface area contributed by atoms with Gasteiger partial charge in [0.05, 0.1) is 17.3 Å². The molecule has 1 aliphatic heterocycles. The standard InChI is InChI=1S/C16H14ClN7O3.C8H5NO/c1-24-15(22-17)13-12(23-24)14(20-7-19-13)16(26)18-5-8-2-3-10-9(4-8)21-11(25)6-27-10;9-5-7-1-3-8(6-10)4-2-7/h2-4,7,22H,5-6H2,1H3,(H,18,26)(H,21,25);1-4,6H. The Morgan fingerprint density at radius 2 is 2.03 bits per heavy atom. The van der Waals surface area contributed by atoms with Gasteiger partial charge in [-0.25, -0.2) is 14.6 Å². The minimum absolute atomic E-state index is 0.00395. The number of rotatable bonds is 5. The molecular weight excluding hydrogens is 500 g/mol. The summed E-state index contributed by atoms with van der Waals surface area (Å²) in [5.74, 6) is 0.441. The molecule has 13 heteroatoms.